The molecule has 0 bridgehead atoms. The Labute approximate surface area is 207 Å². The highest BCUT2D eigenvalue weighted by molar-refractivity contribution is 7.10. The van der Waals surface area contributed by atoms with Crippen molar-refractivity contribution in [3.05, 3.63) is 46.3 Å². The van der Waals surface area contributed by atoms with Gasteiger partial charge in [-0.3, -0.25) is 14.4 Å². The van der Waals surface area contributed by atoms with Gasteiger partial charge < -0.3 is 30.2 Å². The largest absolute Gasteiger partial charge is 0.481 e. The summed E-state index contributed by atoms with van der Waals surface area (Å²) in [7, 11) is 0. The van der Waals surface area contributed by atoms with E-state index in [1.807, 2.05) is 23.6 Å². The number of carboxylic acids is 1. The topological polar surface area (TPSA) is 138 Å². The van der Waals surface area contributed by atoms with Gasteiger partial charge in [0.2, 0.25) is 5.91 Å². The molecular weight excluding hydrogens is 472 g/mol. The van der Waals surface area contributed by atoms with Crippen molar-refractivity contribution >= 4 is 41.2 Å². The molecule has 0 spiro atoms. The summed E-state index contributed by atoms with van der Waals surface area (Å²) in [5.41, 5.74) is 0.483. The zero-order chi connectivity index (χ0) is 25.0. The molecule has 1 fully saturated rings. The van der Waals surface area contributed by atoms with Crippen LogP contribution in [0.5, 0.6) is 0 Å². The number of rotatable bonds is 13. The van der Waals surface area contributed by atoms with Gasteiger partial charge in [0.15, 0.2) is 0 Å². The minimum atomic E-state index is -1.16. The highest BCUT2D eigenvalue weighted by atomic mass is 32.1. The second-order valence-corrected chi connectivity index (χ2v) is 9.15. The number of hydrogen-bond acceptors (Lipinski definition) is 8. The van der Waals surface area contributed by atoms with Crippen molar-refractivity contribution in [2.45, 2.75) is 37.6 Å². The Morgan fingerprint density at radius 3 is 2.63 bits per heavy atom. The highest BCUT2D eigenvalue weighted by Gasteiger charge is 2.24. The molecule has 2 amide bonds. The van der Waals surface area contributed by atoms with Crippen LogP contribution >= 0.6 is 11.3 Å². The highest BCUT2D eigenvalue weighted by Crippen LogP contribution is 2.26. The van der Waals surface area contributed by atoms with E-state index in [-0.39, 0.29) is 11.8 Å². The molecule has 10 nitrogen and oxygen atoms in total. The van der Waals surface area contributed by atoms with Gasteiger partial charge >= 0.3 is 5.97 Å². The molecule has 11 heteroatoms. The number of aromatic nitrogens is 1. The molecule has 1 saturated heterocycles. The molecule has 1 aliphatic rings. The van der Waals surface area contributed by atoms with Gasteiger partial charge in [-0.25, -0.2) is 4.98 Å². The van der Waals surface area contributed by atoms with Gasteiger partial charge in [-0.15, -0.1) is 11.3 Å². The third-order valence-corrected chi connectivity index (χ3v) is 6.63. The lowest BCUT2D eigenvalue weighted by molar-refractivity contribution is -0.138. The predicted molar refractivity (Wildman–Crippen MR) is 131 cm³/mol. The second-order valence-electron chi connectivity index (χ2n) is 8.17. The molecule has 0 aliphatic carbocycles. The Balaban J connectivity index is 1.44. The van der Waals surface area contributed by atoms with Gasteiger partial charge in [0.25, 0.3) is 5.91 Å². The Hall–Kier alpha value is -3.31. The fourth-order valence-electron chi connectivity index (χ4n) is 3.77. The lowest BCUT2D eigenvalue weighted by Crippen LogP contribution is -2.40. The molecule has 0 saturated carbocycles. The van der Waals surface area contributed by atoms with Crippen LogP contribution in [0.4, 0.5) is 5.82 Å². The predicted octanol–water partition coefficient (Wildman–Crippen LogP) is 1.82. The first-order chi connectivity index (χ1) is 17.0. The molecule has 188 valence electrons. The summed E-state index contributed by atoms with van der Waals surface area (Å²) in [6.45, 7) is 3.33. The van der Waals surface area contributed by atoms with Crippen molar-refractivity contribution in [2.24, 2.45) is 0 Å². The van der Waals surface area contributed by atoms with Crippen molar-refractivity contribution < 1.29 is 29.0 Å². The molecule has 3 rings (SSSR count). The van der Waals surface area contributed by atoms with Crippen LogP contribution < -0.4 is 15.5 Å². The van der Waals surface area contributed by atoms with Crippen molar-refractivity contribution in [3.8, 4) is 0 Å². The molecule has 1 unspecified atom stereocenters. The standard InChI is InChI=1S/C24H30N4O6S/c29-16-18(14-22(30)31)27-24(33)19(20-5-3-13-35-20)4-1-2-8-25-23(32)17-6-7-21(26-15-17)28-9-11-34-12-10-28/h3,5-7,13,15-16,18-19H,1-2,4,8-12,14H2,(H,25,32)(H,27,33)(H,30,31)/t18-,19?/m0/s1. The SMILES string of the molecule is O=C[C@H](CC(=O)O)NC(=O)C(CCCCNC(=O)c1ccc(N2CCOCC2)nc1)c1cccs1. The number of pyridine rings is 1. The maximum atomic E-state index is 12.7. The van der Waals surface area contributed by atoms with Crippen molar-refractivity contribution in [1.29, 1.82) is 0 Å². The molecule has 0 radical (unpaired) electrons. The molecular formula is C24H30N4O6S. The van der Waals surface area contributed by atoms with Crippen molar-refractivity contribution in [3.63, 3.8) is 0 Å². The summed E-state index contributed by atoms with van der Waals surface area (Å²) in [5, 5.41) is 16.2. The number of carbonyl (C=O) groups is 4. The number of anilines is 1. The number of thiophene rings is 1. The number of carboxylic acid groups (broad SMARTS) is 1. The Morgan fingerprint density at radius 1 is 1.20 bits per heavy atom. The number of nitrogens with one attached hydrogen (secondary N) is 2. The van der Waals surface area contributed by atoms with E-state index < -0.39 is 24.3 Å². The number of carbonyl (C=O) groups excluding carboxylic acids is 3. The zero-order valence-electron chi connectivity index (χ0n) is 19.4. The van der Waals surface area contributed by atoms with Gasteiger partial charge in [0.05, 0.1) is 37.2 Å². The van der Waals surface area contributed by atoms with E-state index in [0.29, 0.717) is 50.9 Å². The van der Waals surface area contributed by atoms with E-state index >= 15 is 0 Å². The number of aliphatic carboxylic acids is 1. The number of hydrogen-bond donors (Lipinski definition) is 3. The van der Waals surface area contributed by atoms with Gasteiger partial charge in [-0.05, 0) is 36.4 Å². The number of unbranched alkanes of at least 4 members (excludes halogenated alkanes) is 1. The zero-order valence-corrected chi connectivity index (χ0v) is 20.2. The van der Waals surface area contributed by atoms with Crippen LogP contribution in [-0.4, -0.2) is 73.1 Å². The van der Waals surface area contributed by atoms with Crippen LogP contribution in [-0.2, 0) is 19.1 Å². The van der Waals surface area contributed by atoms with Gasteiger partial charge in [-0.1, -0.05) is 12.5 Å². The Bertz CT molecular complexity index is 976. The summed E-state index contributed by atoms with van der Waals surface area (Å²) in [4.78, 5) is 54.6. The summed E-state index contributed by atoms with van der Waals surface area (Å²) in [6, 6.07) is 6.21. The third kappa shape index (κ3) is 8.15. The van der Waals surface area contributed by atoms with E-state index in [1.54, 1.807) is 12.3 Å². The lowest BCUT2D eigenvalue weighted by atomic mass is 9.98. The monoisotopic (exact) mass is 502 g/mol. The minimum Gasteiger partial charge on any atom is -0.481 e. The minimum absolute atomic E-state index is 0.207. The van der Waals surface area contributed by atoms with Crippen LogP contribution in [0.1, 0.15) is 46.8 Å². The van der Waals surface area contributed by atoms with Crippen LogP contribution in [0.2, 0.25) is 0 Å². The number of nitrogens with zero attached hydrogens (tertiary/aromatic N) is 2. The van der Waals surface area contributed by atoms with Crippen LogP contribution in [0, 0.1) is 0 Å². The first-order valence-electron chi connectivity index (χ1n) is 11.6. The molecule has 0 aromatic carbocycles. The Morgan fingerprint density at radius 2 is 2.00 bits per heavy atom. The first-order valence-corrected chi connectivity index (χ1v) is 12.4. The summed E-state index contributed by atoms with van der Waals surface area (Å²) < 4.78 is 5.34. The van der Waals surface area contributed by atoms with Crippen molar-refractivity contribution in [2.75, 3.05) is 37.7 Å². The Kier molecular flexibility index (Phi) is 10.2. The number of aldehydes is 1. The maximum absolute atomic E-state index is 12.7. The molecule has 2 aromatic rings. The molecule has 1 aliphatic heterocycles. The quantitative estimate of drug-likeness (QED) is 0.279. The van der Waals surface area contributed by atoms with Gasteiger partial charge in [0.1, 0.15) is 12.1 Å². The fraction of sp³-hybridized carbons (Fsp3) is 0.458. The van der Waals surface area contributed by atoms with E-state index in [0.717, 1.165) is 23.8 Å². The van der Waals surface area contributed by atoms with Crippen molar-refractivity contribution in [1.82, 2.24) is 15.6 Å². The number of morpholine rings is 1. The summed E-state index contributed by atoms with van der Waals surface area (Å²) in [5.74, 6) is -1.40. The smallest absolute Gasteiger partial charge is 0.305 e. The summed E-state index contributed by atoms with van der Waals surface area (Å²) >= 11 is 1.43. The summed E-state index contributed by atoms with van der Waals surface area (Å²) in [6.07, 6.45) is 3.38. The lowest BCUT2D eigenvalue weighted by Gasteiger charge is -2.27. The first kappa shape index (κ1) is 26.3. The normalized spacial score (nSPS) is 15.1. The van der Waals surface area contributed by atoms with E-state index in [1.165, 1.54) is 11.3 Å². The number of amides is 2. The van der Waals surface area contributed by atoms with E-state index in [4.69, 9.17) is 9.84 Å². The second kappa shape index (κ2) is 13.5. The average molecular weight is 503 g/mol. The molecule has 35 heavy (non-hydrogen) atoms. The van der Waals surface area contributed by atoms with Gasteiger partial charge in [0, 0.05) is 30.7 Å². The average Bonchev–Trinajstić information content (AvgIpc) is 3.40. The molecule has 3 heterocycles. The maximum Gasteiger partial charge on any atom is 0.305 e. The fourth-order valence-corrected chi connectivity index (χ4v) is 4.63. The third-order valence-electron chi connectivity index (χ3n) is 5.64. The molecule has 2 aromatic heterocycles. The molecule has 2 atom stereocenters. The van der Waals surface area contributed by atoms with E-state index in [9.17, 15) is 19.2 Å². The van der Waals surface area contributed by atoms with Crippen LogP contribution in [0.15, 0.2) is 35.8 Å². The van der Waals surface area contributed by atoms with Gasteiger partial charge in [-0.2, -0.15) is 0 Å². The van der Waals surface area contributed by atoms with Crippen LogP contribution in [0.3, 0.4) is 0 Å². The number of ether oxygens (including phenoxy) is 1. The molecule has 3 N–H and O–H groups in total. The van der Waals surface area contributed by atoms with Crippen LogP contribution in [0.25, 0.3) is 0 Å². The van der Waals surface area contributed by atoms with E-state index in [2.05, 4.69) is 20.5 Å².